The molecule has 17 heavy (non-hydrogen) atoms. The Balaban J connectivity index is 3.39. The summed E-state index contributed by atoms with van der Waals surface area (Å²) < 4.78 is 4.92. The van der Waals surface area contributed by atoms with E-state index in [1.807, 2.05) is 0 Å². The largest absolute Gasteiger partial charge is 0.478 e. The molecule has 0 atom stereocenters. The van der Waals surface area contributed by atoms with Crippen molar-refractivity contribution in [2.75, 3.05) is 13.2 Å². The molecule has 0 heterocycles. The number of carbonyl (C=O) groups excluding carboxylic acids is 1. The quantitative estimate of drug-likeness (QED) is 0.345. The van der Waals surface area contributed by atoms with Crippen molar-refractivity contribution in [2.45, 2.75) is 38.5 Å². The van der Waals surface area contributed by atoms with Gasteiger partial charge in [-0.25, -0.2) is 4.79 Å². The van der Waals surface area contributed by atoms with E-state index in [9.17, 15) is 9.59 Å². The second-order valence-electron chi connectivity index (χ2n) is 3.77. The van der Waals surface area contributed by atoms with Crippen LogP contribution in [0.3, 0.4) is 0 Å². The van der Waals surface area contributed by atoms with Gasteiger partial charge in [0.15, 0.2) is 0 Å². The molecule has 0 amide bonds. The van der Waals surface area contributed by atoms with Gasteiger partial charge in [-0.15, -0.1) is 0 Å². The summed E-state index contributed by atoms with van der Waals surface area (Å²) in [6.07, 6.45) is 3.37. The smallest absolute Gasteiger partial charge is 0.330 e. The van der Waals surface area contributed by atoms with Crippen LogP contribution >= 0.6 is 0 Å². The maximum Gasteiger partial charge on any atom is 0.330 e. The van der Waals surface area contributed by atoms with E-state index in [4.69, 9.17) is 14.9 Å². The SMILES string of the molecule is C=C(CCCOC(=O)CCCCCO)C(=O)O. The lowest BCUT2D eigenvalue weighted by Gasteiger charge is -2.04. The molecule has 0 spiro atoms. The molecule has 0 aliphatic carbocycles. The van der Waals surface area contributed by atoms with Crippen molar-refractivity contribution in [3.05, 3.63) is 12.2 Å². The summed E-state index contributed by atoms with van der Waals surface area (Å²) in [6.45, 7) is 3.75. The fraction of sp³-hybridized carbons (Fsp3) is 0.667. The summed E-state index contributed by atoms with van der Waals surface area (Å²) in [5.74, 6) is -1.29. The summed E-state index contributed by atoms with van der Waals surface area (Å²) in [5, 5.41) is 17.1. The van der Waals surface area contributed by atoms with Crippen LogP contribution in [0.5, 0.6) is 0 Å². The summed E-state index contributed by atoms with van der Waals surface area (Å²) >= 11 is 0. The second kappa shape index (κ2) is 9.84. The van der Waals surface area contributed by atoms with Crippen LogP contribution in [0.15, 0.2) is 12.2 Å². The van der Waals surface area contributed by atoms with Crippen LogP contribution in [-0.4, -0.2) is 35.4 Å². The lowest BCUT2D eigenvalue weighted by atomic mass is 10.2. The zero-order chi connectivity index (χ0) is 13.1. The van der Waals surface area contributed by atoms with Gasteiger partial charge in [0.25, 0.3) is 0 Å². The van der Waals surface area contributed by atoms with Crippen molar-refractivity contribution < 1.29 is 24.5 Å². The standard InChI is InChI=1S/C12H20O5/c1-10(12(15)16)6-5-9-17-11(14)7-3-2-4-8-13/h13H,1-9H2,(H,15,16). The Labute approximate surface area is 101 Å². The van der Waals surface area contributed by atoms with Gasteiger partial charge >= 0.3 is 11.9 Å². The van der Waals surface area contributed by atoms with E-state index in [0.29, 0.717) is 32.1 Å². The van der Waals surface area contributed by atoms with E-state index in [2.05, 4.69) is 6.58 Å². The van der Waals surface area contributed by atoms with Gasteiger partial charge in [-0.3, -0.25) is 4.79 Å². The minimum atomic E-state index is -1.01. The lowest BCUT2D eigenvalue weighted by Crippen LogP contribution is -2.07. The predicted molar refractivity (Wildman–Crippen MR) is 62.5 cm³/mol. The molecule has 0 aromatic carbocycles. The van der Waals surface area contributed by atoms with Crippen molar-refractivity contribution in [1.82, 2.24) is 0 Å². The molecular weight excluding hydrogens is 224 g/mol. The molecule has 0 rings (SSSR count). The number of unbranched alkanes of at least 4 members (excludes halogenated alkanes) is 2. The number of ether oxygens (including phenoxy) is 1. The number of carbonyl (C=O) groups is 2. The van der Waals surface area contributed by atoms with Crippen LogP contribution in [0.2, 0.25) is 0 Å². The molecule has 0 saturated carbocycles. The molecule has 0 aliphatic heterocycles. The van der Waals surface area contributed by atoms with Crippen LogP contribution in [-0.2, 0) is 14.3 Å². The third kappa shape index (κ3) is 9.56. The first-order valence-electron chi connectivity index (χ1n) is 5.75. The Bertz CT molecular complexity index is 260. The van der Waals surface area contributed by atoms with Gasteiger partial charge < -0.3 is 14.9 Å². The van der Waals surface area contributed by atoms with E-state index in [-0.39, 0.29) is 24.8 Å². The van der Waals surface area contributed by atoms with Crippen molar-refractivity contribution in [3.63, 3.8) is 0 Å². The number of aliphatic hydroxyl groups excluding tert-OH is 1. The molecular formula is C12H20O5. The third-order valence-electron chi connectivity index (χ3n) is 2.23. The van der Waals surface area contributed by atoms with Crippen LogP contribution in [0.25, 0.3) is 0 Å². The predicted octanol–water partition coefficient (Wildman–Crippen LogP) is 1.50. The fourth-order valence-corrected chi connectivity index (χ4v) is 1.21. The van der Waals surface area contributed by atoms with Gasteiger partial charge in [-0.05, 0) is 25.7 Å². The van der Waals surface area contributed by atoms with Crippen molar-refractivity contribution in [1.29, 1.82) is 0 Å². The van der Waals surface area contributed by atoms with Crippen LogP contribution < -0.4 is 0 Å². The number of hydrogen-bond acceptors (Lipinski definition) is 4. The van der Waals surface area contributed by atoms with Crippen LogP contribution in [0.1, 0.15) is 38.5 Å². The van der Waals surface area contributed by atoms with Crippen molar-refractivity contribution >= 4 is 11.9 Å². The number of hydrogen-bond donors (Lipinski definition) is 2. The Kier molecular flexibility index (Phi) is 9.05. The topological polar surface area (TPSA) is 83.8 Å². The normalized spacial score (nSPS) is 9.94. The first kappa shape index (κ1) is 15.6. The van der Waals surface area contributed by atoms with Gasteiger partial charge in [0.05, 0.1) is 6.61 Å². The number of carboxylic acid groups (broad SMARTS) is 1. The summed E-state index contributed by atoms with van der Waals surface area (Å²) in [4.78, 5) is 21.6. The van der Waals surface area contributed by atoms with Crippen LogP contribution in [0, 0.1) is 0 Å². The Morgan fingerprint density at radius 1 is 1.06 bits per heavy atom. The zero-order valence-electron chi connectivity index (χ0n) is 9.98. The summed E-state index contributed by atoms with van der Waals surface area (Å²) in [6, 6.07) is 0. The number of esters is 1. The van der Waals surface area contributed by atoms with Gasteiger partial charge in [0, 0.05) is 18.6 Å². The molecule has 0 aromatic heterocycles. The van der Waals surface area contributed by atoms with Gasteiger partial charge in [0.2, 0.25) is 0 Å². The maximum atomic E-state index is 11.2. The minimum absolute atomic E-state index is 0.129. The van der Waals surface area contributed by atoms with E-state index in [1.54, 1.807) is 0 Å². The van der Waals surface area contributed by atoms with E-state index in [1.165, 1.54) is 0 Å². The highest BCUT2D eigenvalue weighted by Crippen LogP contribution is 2.04. The minimum Gasteiger partial charge on any atom is -0.478 e. The first-order chi connectivity index (χ1) is 8.07. The second-order valence-corrected chi connectivity index (χ2v) is 3.77. The summed E-state index contributed by atoms with van der Waals surface area (Å²) in [7, 11) is 0. The molecule has 5 heteroatoms. The third-order valence-corrected chi connectivity index (χ3v) is 2.23. The highest BCUT2D eigenvalue weighted by atomic mass is 16.5. The Morgan fingerprint density at radius 3 is 2.35 bits per heavy atom. The lowest BCUT2D eigenvalue weighted by molar-refractivity contribution is -0.143. The van der Waals surface area contributed by atoms with Gasteiger partial charge in [0.1, 0.15) is 0 Å². The summed E-state index contributed by atoms with van der Waals surface area (Å²) in [5.41, 5.74) is 0.129. The molecule has 0 radical (unpaired) electrons. The number of carboxylic acids is 1. The van der Waals surface area contributed by atoms with E-state index in [0.717, 1.165) is 6.42 Å². The van der Waals surface area contributed by atoms with Gasteiger partial charge in [-0.2, -0.15) is 0 Å². The fourth-order valence-electron chi connectivity index (χ4n) is 1.21. The number of aliphatic carboxylic acids is 1. The molecule has 0 fully saturated rings. The van der Waals surface area contributed by atoms with Gasteiger partial charge in [-0.1, -0.05) is 13.0 Å². The number of aliphatic hydroxyl groups is 1. The molecule has 0 unspecified atom stereocenters. The molecule has 0 aromatic rings. The van der Waals surface area contributed by atoms with Crippen molar-refractivity contribution in [3.8, 4) is 0 Å². The first-order valence-corrected chi connectivity index (χ1v) is 5.75. The average molecular weight is 244 g/mol. The molecule has 0 aliphatic rings. The Morgan fingerprint density at radius 2 is 1.76 bits per heavy atom. The van der Waals surface area contributed by atoms with E-state index < -0.39 is 5.97 Å². The highest BCUT2D eigenvalue weighted by Gasteiger charge is 2.05. The monoisotopic (exact) mass is 244 g/mol. The molecule has 2 N–H and O–H groups in total. The molecule has 98 valence electrons. The molecule has 0 bridgehead atoms. The van der Waals surface area contributed by atoms with E-state index >= 15 is 0 Å². The average Bonchev–Trinajstić information content (AvgIpc) is 2.29. The Hall–Kier alpha value is -1.36. The molecule has 5 nitrogen and oxygen atoms in total. The van der Waals surface area contributed by atoms with Crippen LogP contribution in [0.4, 0.5) is 0 Å². The number of rotatable bonds is 10. The maximum absolute atomic E-state index is 11.2. The highest BCUT2D eigenvalue weighted by molar-refractivity contribution is 5.85. The van der Waals surface area contributed by atoms with Crippen molar-refractivity contribution in [2.24, 2.45) is 0 Å². The molecule has 0 saturated heterocycles. The zero-order valence-corrected chi connectivity index (χ0v) is 9.98.